The molecule has 0 radical (unpaired) electrons. The highest BCUT2D eigenvalue weighted by atomic mass is 16.3. The molecule has 1 aromatic heterocycles. The number of benzene rings is 1. The minimum Gasteiger partial charge on any atom is -0.387 e. The lowest BCUT2D eigenvalue weighted by molar-refractivity contribution is 0.159. The second-order valence-corrected chi connectivity index (χ2v) is 4.05. The molecular formula is C13H17N3O. The zero-order valence-electron chi connectivity index (χ0n) is 9.95. The van der Waals surface area contributed by atoms with Crippen molar-refractivity contribution in [2.45, 2.75) is 32.3 Å². The fourth-order valence-electron chi connectivity index (χ4n) is 1.66. The van der Waals surface area contributed by atoms with E-state index in [1.807, 2.05) is 30.3 Å². The minimum atomic E-state index is -0.507. The quantitative estimate of drug-likeness (QED) is 0.860. The molecule has 1 heterocycles. The second kappa shape index (κ2) is 5.59. The Morgan fingerprint density at radius 2 is 2.06 bits per heavy atom. The average Bonchev–Trinajstić information content (AvgIpc) is 2.86. The van der Waals surface area contributed by atoms with Gasteiger partial charge in [-0.1, -0.05) is 38.0 Å². The van der Waals surface area contributed by atoms with Crippen molar-refractivity contribution in [2.24, 2.45) is 0 Å². The van der Waals surface area contributed by atoms with E-state index in [1.54, 1.807) is 11.0 Å². The lowest BCUT2D eigenvalue weighted by Crippen LogP contribution is -2.02. The van der Waals surface area contributed by atoms with Crippen LogP contribution in [0.4, 0.5) is 0 Å². The lowest BCUT2D eigenvalue weighted by Gasteiger charge is -2.05. The predicted molar refractivity (Wildman–Crippen MR) is 65.8 cm³/mol. The number of aromatic nitrogens is 3. The molecule has 2 rings (SSSR count). The van der Waals surface area contributed by atoms with Gasteiger partial charge in [-0.2, -0.15) is 15.0 Å². The van der Waals surface area contributed by atoms with Gasteiger partial charge in [0.1, 0.15) is 5.69 Å². The molecule has 90 valence electrons. The number of rotatable bonds is 5. The lowest BCUT2D eigenvalue weighted by atomic mass is 10.1. The van der Waals surface area contributed by atoms with Crippen LogP contribution in [-0.2, 0) is 0 Å². The Kier molecular flexibility index (Phi) is 3.88. The Labute approximate surface area is 101 Å². The van der Waals surface area contributed by atoms with E-state index in [9.17, 15) is 5.11 Å². The molecule has 4 heteroatoms. The molecule has 0 aliphatic rings. The molecule has 1 N–H and O–H groups in total. The monoisotopic (exact) mass is 231 g/mol. The van der Waals surface area contributed by atoms with Gasteiger partial charge in [0, 0.05) is 0 Å². The first kappa shape index (κ1) is 11.8. The van der Waals surface area contributed by atoms with E-state index in [-0.39, 0.29) is 0 Å². The molecule has 0 aliphatic carbocycles. The summed E-state index contributed by atoms with van der Waals surface area (Å²) in [5, 5.41) is 18.3. The number of nitrogens with zero attached hydrogens (tertiary/aromatic N) is 3. The SMILES string of the molecule is CCCCC(O)c1cnn(-c2ccccc2)n1. The van der Waals surface area contributed by atoms with Gasteiger partial charge >= 0.3 is 0 Å². The maximum absolute atomic E-state index is 9.90. The van der Waals surface area contributed by atoms with Crippen molar-refractivity contribution in [1.29, 1.82) is 0 Å². The Morgan fingerprint density at radius 1 is 1.29 bits per heavy atom. The van der Waals surface area contributed by atoms with Gasteiger partial charge in [-0.15, -0.1) is 0 Å². The first-order valence-electron chi connectivity index (χ1n) is 5.97. The highest BCUT2D eigenvalue weighted by Gasteiger charge is 2.11. The van der Waals surface area contributed by atoms with E-state index in [1.165, 1.54) is 0 Å². The predicted octanol–water partition coefficient (Wildman–Crippen LogP) is 2.49. The average molecular weight is 231 g/mol. The molecule has 0 saturated carbocycles. The van der Waals surface area contributed by atoms with Gasteiger partial charge in [-0.05, 0) is 18.6 Å². The summed E-state index contributed by atoms with van der Waals surface area (Å²) >= 11 is 0. The smallest absolute Gasteiger partial charge is 0.112 e. The van der Waals surface area contributed by atoms with Crippen molar-refractivity contribution >= 4 is 0 Å². The van der Waals surface area contributed by atoms with E-state index < -0.39 is 6.10 Å². The van der Waals surface area contributed by atoms with Crippen molar-refractivity contribution in [1.82, 2.24) is 15.0 Å². The van der Waals surface area contributed by atoms with Crippen LogP contribution in [0.1, 0.15) is 38.0 Å². The fraction of sp³-hybridized carbons (Fsp3) is 0.385. The summed E-state index contributed by atoms with van der Waals surface area (Å²) in [5.74, 6) is 0. The molecule has 2 aromatic rings. The van der Waals surface area contributed by atoms with Gasteiger partial charge in [0.25, 0.3) is 0 Å². The van der Waals surface area contributed by atoms with Crippen LogP contribution in [0.25, 0.3) is 5.69 Å². The van der Waals surface area contributed by atoms with Crippen LogP contribution < -0.4 is 0 Å². The molecule has 4 nitrogen and oxygen atoms in total. The third kappa shape index (κ3) is 2.91. The fourth-order valence-corrected chi connectivity index (χ4v) is 1.66. The molecule has 0 aliphatic heterocycles. The van der Waals surface area contributed by atoms with Crippen LogP contribution in [0.2, 0.25) is 0 Å². The molecule has 1 unspecified atom stereocenters. The van der Waals surface area contributed by atoms with Gasteiger partial charge in [-0.25, -0.2) is 0 Å². The Morgan fingerprint density at radius 3 is 2.76 bits per heavy atom. The van der Waals surface area contributed by atoms with E-state index in [0.717, 1.165) is 24.9 Å². The molecule has 0 amide bonds. The van der Waals surface area contributed by atoms with Crippen molar-refractivity contribution in [3.8, 4) is 5.69 Å². The van der Waals surface area contributed by atoms with Gasteiger partial charge in [-0.3, -0.25) is 0 Å². The summed E-state index contributed by atoms with van der Waals surface area (Å²) in [6.07, 6.45) is 3.94. The number of para-hydroxylation sites is 1. The maximum Gasteiger partial charge on any atom is 0.112 e. The Hall–Kier alpha value is -1.68. The van der Waals surface area contributed by atoms with Crippen molar-refractivity contribution < 1.29 is 5.11 Å². The molecular weight excluding hydrogens is 214 g/mol. The highest BCUT2D eigenvalue weighted by molar-refractivity contribution is 5.28. The van der Waals surface area contributed by atoms with Crippen molar-refractivity contribution in [3.05, 3.63) is 42.2 Å². The summed E-state index contributed by atoms with van der Waals surface area (Å²) in [4.78, 5) is 1.55. The zero-order chi connectivity index (χ0) is 12.1. The third-order valence-electron chi connectivity index (χ3n) is 2.67. The molecule has 1 aromatic carbocycles. The van der Waals surface area contributed by atoms with Crippen LogP contribution in [0.3, 0.4) is 0 Å². The number of hydrogen-bond acceptors (Lipinski definition) is 3. The van der Waals surface area contributed by atoms with E-state index in [4.69, 9.17) is 0 Å². The van der Waals surface area contributed by atoms with Crippen LogP contribution in [0.15, 0.2) is 36.5 Å². The molecule has 0 fully saturated rings. The van der Waals surface area contributed by atoms with Gasteiger partial charge in [0.05, 0.1) is 18.0 Å². The first-order chi connectivity index (χ1) is 8.31. The molecule has 0 saturated heterocycles. The Balaban J connectivity index is 2.11. The van der Waals surface area contributed by atoms with Crippen molar-refractivity contribution in [3.63, 3.8) is 0 Å². The molecule has 1 atom stereocenters. The number of aliphatic hydroxyl groups excluding tert-OH is 1. The number of unbranched alkanes of at least 4 members (excludes halogenated alkanes) is 1. The summed E-state index contributed by atoms with van der Waals surface area (Å²) in [6.45, 7) is 2.10. The van der Waals surface area contributed by atoms with E-state index in [0.29, 0.717) is 5.69 Å². The highest BCUT2D eigenvalue weighted by Crippen LogP contribution is 2.16. The first-order valence-corrected chi connectivity index (χ1v) is 5.97. The third-order valence-corrected chi connectivity index (χ3v) is 2.67. The standard InChI is InChI=1S/C13H17N3O/c1-2-3-9-13(17)12-10-14-16(15-12)11-7-5-4-6-8-11/h4-8,10,13,17H,2-3,9H2,1H3. The van der Waals surface area contributed by atoms with E-state index in [2.05, 4.69) is 17.1 Å². The Bertz CT molecular complexity index is 453. The van der Waals surface area contributed by atoms with Gasteiger partial charge in [0.15, 0.2) is 0 Å². The summed E-state index contributed by atoms with van der Waals surface area (Å²) in [7, 11) is 0. The summed E-state index contributed by atoms with van der Waals surface area (Å²) in [6, 6.07) is 9.69. The topological polar surface area (TPSA) is 50.9 Å². The van der Waals surface area contributed by atoms with Crippen LogP contribution in [0.5, 0.6) is 0 Å². The molecule has 0 bridgehead atoms. The summed E-state index contributed by atoms with van der Waals surface area (Å²) < 4.78 is 0. The van der Waals surface area contributed by atoms with Crippen molar-refractivity contribution in [2.75, 3.05) is 0 Å². The molecule has 0 spiro atoms. The minimum absolute atomic E-state index is 0.507. The number of hydrogen-bond donors (Lipinski definition) is 1. The van der Waals surface area contributed by atoms with Crippen LogP contribution in [-0.4, -0.2) is 20.1 Å². The number of aliphatic hydroxyl groups is 1. The van der Waals surface area contributed by atoms with E-state index >= 15 is 0 Å². The normalized spacial score (nSPS) is 12.6. The zero-order valence-corrected chi connectivity index (χ0v) is 9.95. The molecule has 17 heavy (non-hydrogen) atoms. The maximum atomic E-state index is 9.90. The van der Waals surface area contributed by atoms with Gasteiger partial charge in [0.2, 0.25) is 0 Å². The second-order valence-electron chi connectivity index (χ2n) is 4.05. The largest absolute Gasteiger partial charge is 0.387 e. The van der Waals surface area contributed by atoms with Crippen LogP contribution in [0, 0.1) is 0 Å². The van der Waals surface area contributed by atoms with Gasteiger partial charge < -0.3 is 5.11 Å². The van der Waals surface area contributed by atoms with Crippen LogP contribution >= 0.6 is 0 Å². The summed E-state index contributed by atoms with van der Waals surface area (Å²) in [5.41, 5.74) is 1.55.